The van der Waals surface area contributed by atoms with Gasteiger partial charge in [-0.3, -0.25) is 15.2 Å². The molecule has 0 spiro atoms. The van der Waals surface area contributed by atoms with Gasteiger partial charge < -0.3 is 21.3 Å². The number of nitrogens with two attached hydrogens (primary N) is 1. The number of carbonyl (C=O) groups is 1. The fraction of sp³-hybridized carbons (Fsp3) is 0.261. The third-order valence-corrected chi connectivity index (χ3v) is 7.66. The number of rotatable bonds is 9. The van der Waals surface area contributed by atoms with Crippen LogP contribution in [0.5, 0.6) is 0 Å². The fourth-order valence-corrected chi connectivity index (χ4v) is 5.21. The van der Waals surface area contributed by atoms with Gasteiger partial charge in [0.15, 0.2) is 5.82 Å². The summed E-state index contributed by atoms with van der Waals surface area (Å²) in [5.74, 6) is 0.492. The van der Waals surface area contributed by atoms with Gasteiger partial charge in [0, 0.05) is 36.8 Å². The molecular weight excluding hydrogens is 571 g/mol. The SMILES string of the molecule is CS(=O)(=O)N1CCN(c2ccc(NCCNc3ccc(N(O)O)c(N)n3)nc2-c2ccc(Cl)cc2Cl)C(=O)C1. The summed E-state index contributed by atoms with van der Waals surface area (Å²) in [4.78, 5) is 23.2. The van der Waals surface area contributed by atoms with Gasteiger partial charge in [-0.15, -0.1) is 5.23 Å². The average molecular weight is 597 g/mol. The molecule has 0 atom stereocenters. The molecule has 0 radical (unpaired) electrons. The summed E-state index contributed by atoms with van der Waals surface area (Å²) in [6.07, 6.45) is 1.07. The van der Waals surface area contributed by atoms with E-state index in [9.17, 15) is 13.2 Å². The van der Waals surface area contributed by atoms with Crippen molar-refractivity contribution in [3.63, 3.8) is 0 Å². The van der Waals surface area contributed by atoms with Crippen LogP contribution >= 0.6 is 23.2 Å². The highest BCUT2D eigenvalue weighted by atomic mass is 35.5. The van der Waals surface area contributed by atoms with Crippen LogP contribution in [0.1, 0.15) is 0 Å². The summed E-state index contributed by atoms with van der Waals surface area (Å²) in [5, 5.41) is 25.1. The average Bonchev–Trinajstić information content (AvgIpc) is 2.86. The minimum atomic E-state index is -3.50. The van der Waals surface area contributed by atoms with Gasteiger partial charge in [-0.05, 0) is 42.5 Å². The number of sulfonamides is 1. The Morgan fingerprint density at radius 1 is 1.03 bits per heavy atom. The summed E-state index contributed by atoms with van der Waals surface area (Å²) in [6, 6.07) is 11.3. The molecule has 6 N–H and O–H groups in total. The standard InChI is InChI=1S/C23H26Cl2N8O5S/c1-39(37,38)31-10-11-32(21(34)13-31)17-4-6-19(29-22(17)15-3-2-14(24)12-16(15)25)27-8-9-28-20-7-5-18(33(35)36)23(26)30-20/h2-7,12,35-36H,8-11,13H2,1H3,(H,27,29)(H3,26,28,30). The summed E-state index contributed by atoms with van der Waals surface area (Å²) < 4.78 is 25.0. The van der Waals surface area contributed by atoms with Crippen LogP contribution in [-0.4, -0.2) is 78.0 Å². The van der Waals surface area contributed by atoms with Gasteiger partial charge in [0.1, 0.15) is 17.3 Å². The minimum absolute atomic E-state index is 0.0485. The van der Waals surface area contributed by atoms with E-state index in [0.717, 1.165) is 10.6 Å². The normalized spacial score (nSPS) is 14.4. The van der Waals surface area contributed by atoms with E-state index in [0.29, 0.717) is 51.7 Å². The molecule has 1 amide bonds. The van der Waals surface area contributed by atoms with E-state index < -0.39 is 10.0 Å². The monoisotopic (exact) mass is 596 g/mol. The van der Waals surface area contributed by atoms with Crippen molar-refractivity contribution < 1.29 is 23.6 Å². The quantitative estimate of drug-likeness (QED) is 0.181. The molecule has 0 saturated carbocycles. The number of piperazine rings is 1. The van der Waals surface area contributed by atoms with Crippen molar-refractivity contribution >= 4 is 68.0 Å². The second kappa shape index (κ2) is 11.8. The number of benzene rings is 1. The number of hydrogen-bond acceptors (Lipinski definition) is 11. The molecule has 3 aromatic rings. The van der Waals surface area contributed by atoms with Crippen molar-refractivity contribution in [2.45, 2.75) is 0 Å². The van der Waals surface area contributed by atoms with Gasteiger partial charge in [0.2, 0.25) is 15.9 Å². The molecule has 13 nitrogen and oxygen atoms in total. The minimum Gasteiger partial charge on any atom is -0.382 e. The molecule has 3 heterocycles. The molecular formula is C23H26Cl2N8O5S. The second-order valence-electron chi connectivity index (χ2n) is 8.57. The van der Waals surface area contributed by atoms with Crippen molar-refractivity contribution in [2.75, 3.05) is 65.5 Å². The van der Waals surface area contributed by atoms with Crippen LogP contribution in [0.3, 0.4) is 0 Å². The number of nitrogens with one attached hydrogen (secondary N) is 2. The number of hydrogen-bond donors (Lipinski definition) is 5. The number of nitrogen functional groups attached to an aromatic ring is 1. The van der Waals surface area contributed by atoms with Crippen molar-refractivity contribution in [3.8, 4) is 11.3 Å². The van der Waals surface area contributed by atoms with Crippen molar-refractivity contribution in [1.82, 2.24) is 14.3 Å². The van der Waals surface area contributed by atoms with Crippen molar-refractivity contribution in [1.29, 1.82) is 0 Å². The number of anilines is 5. The molecule has 1 aromatic carbocycles. The molecule has 16 heteroatoms. The van der Waals surface area contributed by atoms with Crippen LogP contribution in [0.4, 0.5) is 28.8 Å². The Hall–Kier alpha value is -3.40. The summed E-state index contributed by atoms with van der Waals surface area (Å²) in [7, 11) is -3.50. The van der Waals surface area contributed by atoms with Gasteiger partial charge in [-0.25, -0.2) is 18.4 Å². The molecule has 2 aromatic heterocycles. The van der Waals surface area contributed by atoms with Crippen LogP contribution in [0, 0.1) is 0 Å². The first-order valence-corrected chi connectivity index (χ1v) is 14.2. The summed E-state index contributed by atoms with van der Waals surface area (Å²) in [6.45, 7) is 0.869. The number of amides is 1. The largest absolute Gasteiger partial charge is 0.382 e. The Labute approximate surface area is 234 Å². The van der Waals surface area contributed by atoms with Gasteiger partial charge in [0.25, 0.3) is 0 Å². The zero-order valence-corrected chi connectivity index (χ0v) is 23.0. The highest BCUT2D eigenvalue weighted by Crippen LogP contribution is 2.37. The first kappa shape index (κ1) is 28.6. The molecule has 0 unspecified atom stereocenters. The van der Waals surface area contributed by atoms with E-state index in [1.807, 2.05) is 0 Å². The van der Waals surface area contributed by atoms with Crippen molar-refractivity contribution in [3.05, 3.63) is 52.5 Å². The fourth-order valence-electron chi connectivity index (χ4n) is 3.95. The molecule has 39 heavy (non-hydrogen) atoms. The summed E-state index contributed by atoms with van der Waals surface area (Å²) in [5.41, 5.74) is 7.13. The number of halogens is 2. The van der Waals surface area contributed by atoms with Crippen LogP contribution in [-0.2, 0) is 14.8 Å². The zero-order valence-electron chi connectivity index (χ0n) is 20.7. The number of nitrogens with zero attached hydrogens (tertiary/aromatic N) is 5. The molecule has 208 valence electrons. The Morgan fingerprint density at radius 3 is 2.28 bits per heavy atom. The van der Waals surface area contributed by atoms with Crippen LogP contribution in [0.25, 0.3) is 11.3 Å². The highest BCUT2D eigenvalue weighted by Gasteiger charge is 2.32. The molecule has 1 aliphatic rings. The van der Waals surface area contributed by atoms with E-state index in [-0.39, 0.29) is 42.3 Å². The molecule has 0 bridgehead atoms. The predicted molar refractivity (Wildman–Crippen MR) is 150 cm³/mol. The number of aromatic nitrogens is 2. The Balaban J connectivity index is 1.53. The lowest BCUT2D eigenvalue weighted by atomic mass is 10.1. The topological polar surface area (TPSA) is 177 Å². The van der Waals surface area contributed by atoms with E-state index in [4.69, 9.17) is 44.3 Å². The Morgan fingerprint density at radius 2 is 1.69 bits per heavy atom. The first-order valence-electron chi connectivity index (χ1n) is 11.6. The van der Waals surface area contributed by atoms with Gasteiger partial charge in [-0.2, -0.15) is 4.31 Å². The molecule has 1 fully saturated rings. The lowest BCUT2D eigenvalue weighted by Crippen LogP contribution is -2.52. The van der Waals surface area contributed by atoms with Gasteiger partial charge >= 0.3 is 0 Å². The summed E-state index contributed by atoms with van der Waals surface area (Å²) >= 11 is 12.6. The maximum atomic E-state index is 13.0. The van der Waals surface area contributed by atoms with Crippen LogP contribution in [0.15, 0.2) is 42.5 Å². The van der Waals surface area contributed by atoms with E-state index in [1.54, 1.807) is 36.4 Å². The van der Waals surface area contributed by atoms with E-state index in [1.165, 1.54) is 11.0 Å². The predicted octanol–water partition coefficient (Wildman–Crippen LogP) is 2.75. The van der Waals surface area contributed by atoms with Crippen molar-refractivity contribution in [2.24, 2.45) is 0 Å². The molecule has 0 aliphatic carbocycles. The number of carbonyl (C=O) groups excluding carboxylic acids is 1. The van der Waals surface area contributed by atoms with E-state index in [2.05, 4.69) is 15.6 Å². The van der Waals surface area contributed by atoms with Crippen LogP contribution in [0.2, 0.25) is 10.0 Å². The first-order chi connectivity index (χ1) is 18.4. The lowest BCUT2D eigenvalue weighted by Gasteiger charge is -2.33. The Kier molecular flexibility index (Phi) is 8.64. The van der Waals surface area contributed by atoms with Gasteiger partial charge in [0.05, 0.1) is 29.2 Å². The highest BCUT2D eigenvalue weighted by molar-refractivity contribution is 7.88. The van der Waals surface area contributed by atoms with E-state index >= 15 is 0 Å². The third-order valence-electron chi connectivity index (χ3n) is 5.86. The molecule has 1 aliphatic heterocycles. The lowest BCUT2D eigenvalue weighted by molar-refractivity contribution is -0.119. The molecule has 1 saturated heterocycles. The Bertz CT molecular complexity index is 1490. The number of pyridine rings is 2. The van der Waals surface area contributed by atoms with Gasteiger partial charge in [-0.1, -0.05) is 23.2 Å². The maximum absolute atomic E-state index is 13.0. The smallest absolute Gasteiger partial charge is 0.242 e. The maximum Gasteiger partial charge on any atom is 0.242 e. The van der Waals surface area contributed by atoms with Crippen LogP contribution < -0.4 is 26.5 Å². The zero-order chi connectivity index (χ0) is 28.3. The third kappa shape index (κ3) is 6.79. The second-order valence-corrected chi connectivity index (χ2v) is 11.4. The molecule has 4 rings (SSSR count).